The van der Waals surface area contributed by atoms with Crippen LogP contribution >= 0.6 is 23.2 Å². The summed E-state index contributed by atoms with van der Waals surface area (Å²) in [6.45, 7) is 0.525. The standard InChI is InChI=1S/C7H9Cl2N3/c1-12-5-7(4-11-12)10-3-6(9)2-8/h2,4-5,10H,3H2,1H3. The highest BCUT2D eigenvalue weighted by Gasteiger charge is 1.95. The molecule has 1 heterocycles. The molecule has 1 aromatic heterocycles. The van der Waals surface area contributed by atoms with Gasteiger partial charge in [-0.15, -0.1) is 0 Å². The summed E-state index contributed by atoms with van der Waals surface area (Å²) in [7, 11) is 1.85. The smallest absolute Gasteiger partial charge is 0.0729 e. The van der Waals surface area contributed by atoms with Crippen LogP contribution in [0.3, 0.4) is 0 Å². The Kier molecular flexibility index (Phi) is 3.44. The van der Waals surface area contributed by atoms with Gasteiger partial charge in [-0.05, 0) is 0 Å². The van der Waals surface area contributed by atoms with E-state index in [4.69, 9.17) is 23.2 Å². The molecule has 0 radical (unpaired) electrons. The van der Waals surface area contributed by atoms with E-state index >= 15 is 0 Å². The Morgan fingerprint density at radius 1 is 1.83 bits per heavy atom. The zero-order valence-corrected chi connectivity index (χ0v) is 8.10. The van der Waals surface area contributed by atoms with Crippen molar-refractivity contribution in [3.05, 3.63) is 23.0 Å². The number of nitrogens with one attached hydrogen (secondary N) is 1. The summed E-state index contributed by atoms with van der Waals surface area (Å²) in [5.41, 5.74) is 2.26. The summed E-state index contributed by atoms with van der Waals surface area (Å²) >= 11 is 11.0. The van der Waals surface area contributed by atoms with Gasteiger partial charge in [0.05, 0.1) is 18.4 Å². The molecule has 0 aliphatic heterocycles. The van der Waals surface area contributed by atoms with Crippen molar-refractivity contribution in [1.29, 1.82) is 0 Å². The van der Waals surface area contributed by atoms with E-state index in [1.807, 2.05) is 13.2 Å². The fourth-order valence-electron chi connectivity index (χ4n) is 0.738. The number of halogens is 2. The number of anilines is 1. The van der Waals surface area contributed by atoms with Crippen molar-refractivity contribution < 1.29 is 0 Å². The molecule has 1 N–H and O–H groups in total. The normalized spacial score (nSPS) is 11.8. The number of aryl methyl sites for hydroxylation is 1. The van der Waals surface area contributed by atoms with E-state index in [1.165, 1.54) is 5.54 Å². The molecule has 0 saturated carbocycles. The minimum atomic E-state index is 0.525. The van der Waals surface area contributed by atoms with E-state index in [9.17, 15) is 0 Å². The van der Waals surface area contributed by atoms with E-state index in [2.05, 4.69) is 10.4 Å². The molecule has 1 aromatic rings. The van der Waals surface area contributed by atoms with Gasteiger partial charge < -0.3 is 5.32 Å². The zero-order chi connectivity index (χ0) is 8.97. The first kappa shape index (κ1) is 9.42. The van der Waals surface area contributed by atoms with Crippen molar-refractivity contribution in [3.63, 3.8) is 0 Å². The first-order valence-corrected chi connectivity index (χ1v) is 4.21. The Balaban J connectivity index is 2.43. The molecule has 12 heavy (non-hydrogen) atoms. The molecule has 0 aromatic carbocycles. The number of hydrogen-bond donors (Lipinski definition) is 1. The summed E-state index contributed by atoms with van der Waals surface area (Å²) in [4.78, 5) is 0. The Labute approximate surface area is 81.0 Å². The van der Waals surface area contributed by atoms with Crippen LogP contribution in [0.4, 0.5) is 5.69 Å². The van der Waals surface area contributed by atoms with Gasteiger partial charge in [-0.25, -0.2) is 0 Å². The van der Waals surface area contributed by atoms with E-state index in [-0.39, 0.29) is 0 Å². The van der Waals surface area contributed by atoms with Crippen LogP contribution in [0.2, 0.25) is 0 Å². The molecule has 3 nitrogen and oxygen atoms in total. The number of aromatic nitrogens is 2. The van der Waals surface area contributed by atoms with Crippen molar-refractivity contribution >= 4 is 28.9 Å². The van der Waals surface area contributed by atoms with Crippen LogP contribution in [0.25, 0.3) is 0 Å². The van der Waals surface area contributed by atoms with Gasteiger partial charge in [-0.3, -0.25) is 4.68 Å². The highest BCUT2D eigenvalue weighted by molar-refractivity contribution is 6.36. The van der Waals surface area contributed by atoms with Gasteiger partial charge in [-0.2, -0.15) is 5.10 Å². The summed E-state index contributed by atoms with van der Waals surface area (Å²) in [5, 5.41) is 7.60. The van der Waals surface area contributed by atoms with E-state index in [0.717, 1.165) is 5.69 Å². The molecule has 0 saturated heterocycles. The third-order valence-corrected chi connectivity index (χ3v) is 1.90. The first-order valence-electron chi connectivity index (χ1n) is 3.39. The Morgan fingerprint density at radius 3 is 3.08 bits per heavy atom. The third kappa shape index (κ3) is 2.75. The number of hydrogen-bond acceptors (Lipinski definition) is 2. The van der Waals surface area contributed by atoms with Crippen LogP contribution in [0.15, 0.2) is 23.0 Å². The lowest BCUT2D eigenvalue weighted by molar-refractivity contribution is 0.768. The first-order chi connectivity index (χ1) is 5.72. The molecule has 5 heteroatoms. The van der Waals surface area contributed by atoms with Crippen molar-refractivity contribution in [2.75, 3.05) is 11.9 Å². The van der Waals surface area contributed by atoms with Crippen molar-refractivity contribution in [2.45, 2.75) is 0 Å². The second-order valence-corrected chi connectivity index (χ2v) is 3.02. The van der Waals surface area contributed by atoms with Gasteiger partial charge in [0.25, 0.3) is 0 Å². The minimum Gasteiger partial charge on any atom is -0.378 e. The van der Waals surface area contributed by atoms with Crippen LogP contribution in [-0.4, -0.2) is 16.3 Å². The molecule has 0 amide bonds. The van der Waals surface area contributed by atoms with Crippen molar-refractivity contribution in [3.8, 4) is 0 Å². The zero-order valence-electron chi connectivity index (χ0n) is 6.59. The molecule has 0 aliphatic carbocycles. The molecule has 0 unspecified atom stereocenters. The highest BCUT2D eigenvalue weighted by Crippen LogP contribution is 2.07. The van der Waals surface area contributed by atoms with Gasteiger partial charge in [0.1, 0.15) is 0 Å². The second-order valence-electron chi connectivity index (χ2n) is 2.31. The monoisotopic (exact) mass is 205 g/mol. The topological polar surface area (TPSA) is 29.9 Å². The van der Waals surface area contributed by atoms with Crippen molar-refractivity contribution in [2.24, 2.45) is 7.05 Å². The predicted molar refractivity (Wildman–Crippen MR) is 51.5 cm³/mol. The van der Waals surface area contributed by atoms with Gasteiger partial charge in [-0.1, -0.05) is 23.2 Å². The Morgan fingerprint density at radius 2 is 2.58 bits per heavy atom. The minimum absolute atomic E-state index is 0.525. The van der Waals surface area contributed by atoms with Gasteiger partial charge >= 0.3 is 0 Å². The SMILES string of the molecule is Cn1cc(NCC(Cl)=CCl)cn1. The van der Waals surface area contributed by atoms with Gasteiger partial charge in [0, 0.05) is 23.8 Å². The molecule has 0 bridgehead atoms. The lowest BCUT2D eigenvalue weighted by atomic mass is 10.5. The van der Waals surface area contributed by atoms with Crippen LogP contribution < -0.4 is 5.32 Å². The summed E-state index contributed by atoms with van der Waals surface area (Å²) in [6, 6.07) is 0. The maximum absolute atomic E-state index is 5.66. The van der Waals surface area contributed by atoms with Crippen LogP contribution in [0.1, 0.15) is 0 Å². The lowest BCUT2D eigenvalue weighted by Crippen LogP contribution is -1.99. The third-order valence-electron chi connectivity index (χ3n) is 1.28. The molecule has 1 rings (SSSR count). The highest BCUT2D eigenvalue weighted by atomic mass is 35.5. The van der Waals surface area contributed by atoms with Crippen LogP contribution in [0.5, 0.6) is 0 Å². The quantitative estimate of drug-likeness (QED) is 0.821. The maximum Gasteiger partial charge on any atom is 0.0729 e. The molecule has 0 fully saturated rings. The Bertz CT molecular complexity index is 280. The van der Waals surface area contributed by atoms with Crippen molar-refractivity contribution in [1.82, 2.24) is 9.78 Å². The summed E-state index contributed by atoms with van der Waals surface area (Å²) in [5.74, 6) is 0. The Hall–Kier alpha value is -0.670. The fraction of sp³-hybridized carbons (Fsp3) is 0.286. The number of rotatable bonds is 3. The molecule has 0 aliphatic rings. The molecule has 66 valence electrons. The van der Waals surface area contributed by atoms with E-state index in [0.29, 0.717) is 11.6 Å². The molecule has 0 atom stereocenters. The summed E-state index contributed by atoms with van der Waals surface area (Å²) in [6.07, 6.45) is 3.58. The maximum atomic E-state index is 5.66. The fourth-order valence-corrected chi connectivity index (χ4v) is 0.882. The van der Waals surface area contributed by atoms with E-state index in [1.54, 1.807) is 10.9 Å². The van der Waals surface area contributed by atoms with Gasteiger partial charge in [0.2, 0.25) is 0 Å². The van der Waals surface area contributed by atoms with Crippen LogP contribution in [0, 0.1) is 0 Å². The molecule has 0 spiro atoms. The van der Waals surface area contributed by atoms with Gasteiger partial charge in [0.15, 0.2) is 0 Å². The lowest BCUT2D eigenvalue weighted by Gasteiger charge is -1.99. The molecular formula is C7H9Cl2N3. The largest absolute Gasteiger partial charge is 0.378 e. The molecular weight excluding hydrogens is 197 g/mol. The summed E-state index contributed by atoms with van der Waals surface area (Å²) < 4.78 is 1.71. The second kappa shape index (κ2) is 4.38. The average Bonchev–Trinajstić information content (AvgIpc) is 2.47. The van der Waals surface area contributed by atoms with Crippen LogP contribution in [-0.2, 0) is 7.05 Å². The number of nitrogens with zero attached hydrogens (tertiary/aromatic N) is 2. The average molecular weight is 206 g/mol. The van der Waals surface area contributed by atoms with E-state index < -0.39 is 0 Å². The predicted octanol–water partition coefficient (Wildman–Crippen LogP) is 2.15.